The maximum absolute atomic E-state index is 9.11. The molecule has 96 valence electrons. The molecule has 6 heteroatoms. The number of nitrogens with zero attached hydrogens (tertiary/aromatic N) is 5. The first-order valence-electron chi connectivity index (χ1n) is 6.20. The summed E-state index contributed by atoms with van der Waals surface area (Å²) in [6.45, 7) is 0.786. The molecule has 1 aliphatic heterocycles. The van der Waals surface area contributed by atoms with E-state index in [1.807, 2.05) is 3.93 Å². The molecule has 3 rings (SSSR count). The first-order valence-corrected chi connectivity index (χ1v) is 6.91. The molecule has 1 atom stereocenters. The molecule has 0 bridgehead atoms. The van der Waals surface area contributed by atoms with Crippen molar-refractivity contribution in [1.82, 2.24) is 9.97 Å². The summed E-state index contributed by atoms with van der Waals surface area (Å²) in [6, 6.07) is 4.60. The summed E-state index contributed by atoms with van der Waals surface area (Å²) < 4.78 is 1.96. The van der Waals surface area contributed by atoms with Crippen LogP contribution in [0.25, 0.3) is 0 Å². The molecule has 1 fully saturated rings. The van der Waals surface area contributed by atoms with Gasteiger partial charge in [0, 0.05) is 40.9 Å². The van der Waals surface area contributed by atoms with Gasteiger partial charge in [-0.1, -0.05) is 0 Å². The molecule has 1 saturated carbocycles. The number of nitriles is 2. The Morgan fingerprint density at radius 1 is 1.47 bits per heavy atom. The minimum Gasteiger partial charge on any atom is -0.305 e. The van der Waals surface area contributed by atoms with Crippen molar-refractivity contribution in [2.75, 3.05) is 10.5 Å². The summed E-state index contributed by atoms with van der Waals surface area (Å²) in [4.78, 5) is 8.44. The highest BCUT2D eigenvalue weighted by molar-refractivity contribution is 9.10. The largest absolute Gasteiger partial charge is 0.305 e. The van der Waals surface area contributed by atoms with E-state index >= 15 is 0 Å². The third-order valence-corrected chi connectivity index (χ3v) is 4.99. The predicted molar refractivity (Wildman–Crippen MR) is 72.0 cm³/mol. The molecule has 2 aliphatic rings. The van der Waals surface area contributed by atoms with E-state index < -0.39 is 0 Å². The van der Waals surface area contributed by atoms with Crippen LogP contribution in [0, 0.1) is 34.0 Å². The summed E-state index contributed by atoms with van der Waals surface area (Å²) in [5, 5.41) is 18.1. The monoisotopic (exact) mass is 317 g/mol. The molecule has 0 radical (unpaired) electrons. The zero-order valence-electron chi connectivity index (χ0n) is 10.3. The van der Waals surface area contributed by atoms with Gasteiger partial charge in [-0.2, -0.15) is 10.5 Å². The zero-order valence-corrected chi connectivity index (χ0v) is 11.8. The zero-order chi connectivity index (χ0) is 13.5. The van der Waals surface area contributed by atoms with Crippen LogP contribution in [0.4, 0.5) is 5.69 Å². The molecule has 1 aromatic rings. The lowest BCUT2D eigenvalue weighted by Crippen LogP contribution is -2.42. The highest BCUT2D eigenvalue weighted by Crippen LogP contribution is 2.59. The van der Waals surface area contributed by atoms with Crippen LogP contribution in [-0.4, -0.2) is 16.5 Å². The first kappa shape index (κ1) is 12.4. The van der Waals surface area contributed by atoms with Crippen LogP contribution < -0.4 is 3.93 Å². The quantitative estimate of drug-likeness (QED) is 0.783. The fraction of sp³-hybridized carbons (Fsp3) is 0.538. The maximum atomic E-state index is 9.11. The molecule has 1 aliphatic carbocycles. The summed E-state index contributed by atoms with van der Waals surface area (Å²) in [6.07, 6.45) is 5.42. The molecule has 0 spiro atoms. The fourth-order valence-corrected chi connectivity index (χ4v) is 3.90. The average molecular weight is 318 g/mol. The highest BCUT2D eigenvalue weighted by Gasteiger charge is 2.53. The van der Waals surface area contributed by atoms with Crippen LogP contribution in [0.3, 0.4) is 0 Å². The van der Waals surface area contributed by atoms with E-state index in [1.165, 1.54) is 0 Å². The molecule has 0 saturated heterocycles. The van der Waals surface area contributed by atoms with Crippen LogP contribution in [-0.2, 0) is 0 Å². The smallest absolute Gasteiger partial charge is 0.115 e. The van der Waals surface area contributed by atoms with Gasteiger partial charge in [-0.25, -0.2) is 9.97 Å². The van der Waals surface area contributed by atoms with Crippen molar-refractivity contribution in [3.63, 3.8) is 0 Å². The number of fused-ring (bicyclic) bond motifs is 1. The summed E-state index contributed by atoms with van der Waals surface area (Å²) in [5.41, 5.74) is 1.88. The molecule has 0 N–H and O–H groups in total. The summed E-state index contributed by atoms with van der Waals surface area (Å²) in [7, 11) is 0. The van der Waals surface area contributed by atoms with E-state index in [9.17, 15) is 0 Å². The van der Waals surface area contributed by atoms with Gasteiger partial charge < -0.3 is 3.93 Å². The Hall–Kier alpha value is -1.66. The van der Waals surface area contributed by atoms with Crippen molar-refractivity contribution in [3.8, 4) is 12.1 Å². The van der Waals surface area contributed by atoms with Crippen LogP contribution >= 0.6 is 16.1 Å². The van der Waals surface area contributed by atoms with Gasteiger partial charge in [0.25, 0.3) is 0 Å². The van der Waals surface area contributed by atoms with Crippen molar-refractivity contribution in [3.05, 3.63) is 18.2 Å². The van der Waals surface area contributed by atoms with Crippen LogP contribution in [0.5, 0.6) is 0 Å². The maximum Gasteiger partial charge on any atom is 0.115 e. The average Bonchev–Trinajstić information content (AvgIpc) is 2.72. The van der Waals surface area contributed by atoms with E-state index in [-0.39, 0.29) is 17.3 Å². The van der Waals surface area contributed by atoms with Gasteiger partial charge in [0.15, 0.2) is 0 Å². The predicted octanol–water partition coefficient (Wildman–Crippen LogP) is 2.52. The molecule has 0 aromatic carbocycles. The second-order valence-corrected chi connectivity index (χ2v) is 6.18. The minimum atomic E-state index is -0.0965. The Morgan fingerprint density at radius 2 is 2.26 bits per heavy atom. The highest BCUT2D eigenvalue weighted by atomic mass is 79.9. The van der Waals surface area contributed by atoms with E-state index in [1.54, 1.807) is 12.5 Å². The van der Waals surface area contributed by atoms with Crippen molar-refractivity contribution in [1.29, 1.82) is 10.5 Å². The minimum absolute atomic E-state index is 0.0861. The number of aromatic nitrogens is 2. The van der Waals surface area contributed by atoms with E-state index in [4.69, 9.17) is 10.5 Å². The third-order valence-electron chi connectivity index (χ3n) is 4.32. The van der Waals surface area contributed by atoms with Crippen LogP contribution in [0.1, 0.15) is 30.9 Å². The standard InChI is InChI=1S/C13H12BrN5/c14-19-7-10(12-11(19)6-17-8-18-12)13(1-2-15)3-9(4-13)5-16/h6,8-10H,1,3-4,7H2/t9-,10?,13-. The van der Waals surface area contributed by atoms with Gasteiger partial charge in [0.05, 0.1) is 29.7 Å². The molecule has 2 heterocycles. The molecule has 1 unspecified atom stereocenters. The van der Waals surface area contributed by atoms with E-state index in [0.29, 0.717) is 6.42 Å². The molecular weight excluding hydrogens is 306 g/mol. The Labute approximate surface area is 120 Å². The lowest BCUT2D eigenvalue weighted by Gasteiger charge is -2.47. The first-order chi connectivity index (χ1) is 9.20. The summed E-state index contributed by atoms with van der Waals surface area (Å²) >= 11 is 3.51. The third kappa shape index (κ3) is 1.79. The number of hydrogen-bond acceptors (Lipinski definition) is 5. The van der Waals surface area contributed by atoms with Crippen molar-refractivity contribution in [2.45, 2.75) is 25.2 Å². The topological polar surface area (TPSA) is 76.6 Å². The lowest BCUT2D eigenvalue weighted by molar-refractivity contribution is 0.0622. The van der Waals surface area contributed by atoms with Gasteiger partial charge in [0.1, 0.15) is 6.33 Å². The molecule has 1 aromatic heterocycles. The molecule has 0 amide bonds. The van der Waals surface area contributed by atoms with Gasteiger partial charge in [-0.15, -0.1) is 0 Å². The van der Waals surface area contributed by atoms with Crippen LogP contribution in [0.15, 0.2) is 12.5 Å². The Bertz CT molecular complexity index is 581. The number of halogens is 1. The van der Waals surface area contributed by atoms with E-state index in [0.717, 1.165) is 30.8 Å². The number of hydrogen-bond donors (Lipinski definition) is 0. The van der Waals surface area contributed by atoms with Gasteiger partial charge in [-0.05, 0) is 18.3 Å². The van der Waals surface area contributed by atoms with E-state index in [2.05, 4.69) is 38.3 Å². The second-order valence-electron chi connectivity index (χ2n) is 5.32. The Balaban J connectivity index is 1.95. The Kier molecular flexibility index (Phi) is 2.91. The number of anilines is 1. The number of rotatable bonds is 2. The Morgan fingerprint density at radius 3 is 2.95 bits per heavy atom. The SMILES string of the molecule is N#CC[C@]1(C2CN(Br)c3cncnc32)C[C@H](C#N)C1. The van der Waals surface area contributed by atoms with Gasteiger partial charge in [0.2, 0.25) is 0 Å². The summed E-state index contributed by atoms with van der Waals surface area (Å²) in [5.74, 6) is 0.289. The normalized spacial score (nSPS) is 32.1. The second kappa shape index (κ2) is 4.47. The lowest BCUT2D eigenvalue weighted by atomic mass is 9.54. The van der Waals surface area contributed by atoms with Crippen molar-refractivity contribution in [2.24, 2.45) is 11.3 Å². The molecule has 19 heavy (non-hydrogen) atoms. The molecular formula is C13H12BrN5. The molecule has 5 nitrogen and oxygen atoms in total. The van der Waals surface area contributed by atoms with Gasteiger partial charge in [-0.3, -0.25) is 0 Å². The fourth-order valence-electron chi connectivity index (χ4n) is 3.34. The van der Waals surface area contributed by atoms with Gasteiger partial charge >= 0.3 is 0 Å². The van der Waals surface area contributed by atoms with Crippen LogP contribution in [0.2, 0.25) is 0 Å². The van der Waals surface area contributed by atoms with Crippen molar-refractivity contribution < 1.29 is 0 Å². The van der Waals surface area contributed by atoms with Crippen molar-refractivity contribution >= 4 is 21.8 Å².